The smallest absolute Gasteiger partial charge is 0.270 e. The lowest BCUT2D eigenvalue weighted by atomic mass is 10.00. The minimum absolute atomic E-state index is 0.101. The number of hydrogen-bond donors (Lipinski definition) is 1. The third-order valence-electron chi connectivity index (χ3n) is 6.87. The summed E-state index contributed by atoms with van der Waals surface area (Å²) in [5.74, 6) is -0.608. The first kappa shape index (κ1) is 23.7. The highest BCUT2D eigenvalue weighted by Gasteiger charge is 2.29. The van der Waals surface area contributed by atoms with Crippen LogP contribution < -0.4 is 5.32 Å². The van der Waals surface area contributed by atoms with Gasteiger partial charge >= 0.3 is 0 Å². The molecule has 0 amide bonds. The summed E-state index contributed by atoms with van der Waals surface area (Å²) < 4.78 is 34.9. The number of aryl methyl sites for hydroxylation is 1. The Morgan fingerprint density at radius 2 is 1.91 bits per heavy atom. The van der Waals surface area contributed by atoms with E-state index in [0.29, 0.717) is 23.4 Å². The topological polar surface area (TPSA) is 81.0 Å². The van der Waals surface area contributed by atoms with Crippen molar-refractivity contribution in [1.29, 1.82) is 0 Å². The predicted molar refractivity (Wildman–Crippen MR) is 129 cm³/mol. The number of aromatic nitrogens is 5. The van der Waals surface area contributed by atoms with Gasteiger partial charge in [-0.3, -0.25) is 4.68 Å². The molecular weight excluding hydrogens is 452 g/mol. The first-order valence-corrected chi connectivity index (χ1v) is 12.1. The maximum Gasteiger partial charge on any atom is 0.270 e. The second-order valence-electron chi connectivity index (χ2n) is 9.59. The van der Waals surface area contributed by atoms with Crippen LogP contribution in [-0.4, -0.2) is 62.5 Å². The Labute approximate surface area is 203 Å². The molecule has 2 aliphatic rings. The summed E-state index contributed by atoms with van der Waals surface area (Å²) >= 11 is 0. The van der Waals surface area contributed by atoms with E-state index in [1.54, 1.807) is 10.9 Å². The number of halogens is 2. The van der Waals surface area contributed by atoms with Crippen LogP contribution in [0.4, 0.5) is 20.4 Å². The molecule has 0 spiro atoms. The molecule has 10 heteroatoms. The van der Waals surface area contributed by atoms with Crippen molar-refractivity contribution in [2.75, 3.05) is 38.2 Å². The molecule has 0 bridgehead atoms. The van der Waals surface area contributed by atoms with Gasteiger partial charge in [0.2, 0.25) is 0 Å². The van der Waals surface area contributed by atoms with Gasteiger partial charge in [-0.2, -0.15) is 5.10 Å². The van der Waals surface area contributed by atoms with Crippen LogP contribution in [0.5, 0.6) is 0 Å². The van der Waals surface area contributed by atoms with Crippen molar-refractivity contribution in [3.05, 3.63) is 47.9 Å². The molecule has 1 N–H and O–H groups in total. The quantitative estimate of drug-likeness (QED) is 0.535. The van der Waals surface area contributed by atoms with Crippen molar-refractivity contribution in [2.45, 2.75) is 38.0 Å². The van der Waals surface area contributed by atoms with Crippen molar-refractivity contribution in [3.8, 4) is 11.5 Å². The maximum absolute atomic E-state index is 13.8. The van der Waals surface area contributed by atoms with E-state index in [4.69, 9.17) is 9.72 Å². The van der Waals surface area contributed by atoms with Crippen LogP contribution in [0.25, 0.3) is 11.5 Å². The van der Waals surface area contributed by atoms with Gasteiger partial charge in [0.1, 0.15) is 17.3 Å². The molecule has 1 unspecified atom stereocenters. The fraction of sp³-hybridized carbons (Fsp3) is 0.520. The molecule has 8 nitrogen and oxygen atoms in total. The average molecular weight is 484 g/mol. The third kappa shape index (κ3) is 5.65. The number of likely N-dealkylation sites (tertiary alicyclic amines) is 1. The van der Waals surface area contributed by atoms with E-state index in [1.807, 2.05) is 19.2 Å². The van der Waals surface area contributed by atoms with Crippen LogP contribution in [0.15, 0.2) is 36.7 Å². The zero-order valence-electron chi connectivity index (χ0n) is 20.1. The van der Waals surface area contributed by atoms with E-state index in [1.165, 1.54) is 18.3 Å². The third-order valence-corrected chi connectivity index (χ3v) is 6.87. The summed E-state index contributed by atoms with van der Waals surface area (Å²) in [6, 6.07) is 6.46. The first-order valence-electron chi connectivity index (χ1n) is 12.1. The number of rotatable bonds is 7. The largest absolute Gasteiger partial charge is 0.381 e. The van der Waals surface area contributed by atoms with E-state index < -0.39 is 5.92 Å². The highest BCUT2D eigenvalue weighted by Crippen LogP contribution is 2.32. The number of ether oxygens (including phenoxy) is 1. The van der Waals surface area contributed by atoms with Gasteiger partial charge in [-0.15, -0.1) is 0 Å². The Morgan fingerprint density at radius 3 is 2.66 bits per heavy atom. The van der Waals surface area contributed by atoms with Crippen molar-refractivity contribution >= 4 is 11.6 Å². The SMILES string of the molecule is Cn1nccc1-c1nc(Nc2cc(C(C)(F)F)ccn2)cc(C2CCN(CC3CCOCC3)C2)n1. The van der Waals surface area contributed by atoms with Crippen LogP contribution in [0.3, 0.4) is 0 Å². The molecule has 0 aliphatic carbocycles. The Bertz CT molecular complexity index is 1160. The van der Waals surface area contributed by atoms with Gasteiger partial charge in [-0.1, -0.05) is 0 Å². The van der Waals surface area contributed by atoms with Crippen LogP contribution in [0, 0.1) is 5.92 Å². The van der Waals surface area contributed by atoms with Gasteiger partial charge in [-0.25, -0.2) is 23.7 Å². The second kappa shape index (κ2) is 9.94. The molecule has 0 radical (unpaired) electrons. The standard InChI is InChI=1S/C25H31F2N7O/c1-25(26,27)19-3-8-28-22(13-19)31-23-14-20(30-24(32-23)21-4-9-29-33(21)2)18-5-10-34(16-18)15-17-6-11-35-12-7-17/h3-4,8-9,13-14,17-18H,5-7,10-12,15-16H2,1-2H3,(H,28,30,31,32). The van der Waals surface area contributed by atoms with Crippen molar-refractivity contribution < 1.29 is 13.5 Å². The fourth-order valence-corrected chi connectivity index (χ4v) is 4.88. The Balaban J connectivity index is 1.40. The average Bonchev–Trinajstić information content (AvgIpc) is 3.48. The molecule has 2 aliphatic heterocycles. The number of nitrogens with one attached hydrogen (secondary N) is 1. The highest BCUT2D eigenvalue weighted by atomic mass is 19.3. The summed E-state index contributed by atoms with van der Waals surface area (Å²) in [5.41, 5.74) is 1.62. The van der Waals surface area contributed by atoms with Crippen LogP contribution in [0.2, 0.25) is 0 Å². The maximum atomic E-state index is 13.8. The van der Waals surface area contributed by atoms with Crippen LogP contribution in [-0.2, 0) is 17.7 Å². The zero-order chi connectivity index (χ0) is 24.4. The lowest BCUT2D eigenvalue weighted by Crippen LogP contribution is -2.30. The Kier molecular flexibility index (Phi) is 6.75. The molecule has 3 aromatic heterocycles. The molecule has 5 rings (SSSR count). The van der Waals surface area contributed by atoms with Gasteiger partial charge < -0.3 is 15.0 Å². The Morgan fingerprint density at radius 1 is 1.09 bits per heavy atom. The fourth-order valence-electron chi connectivity index (χ4n) is 4.88. The molecule has 35 heavy (non-hydrogen) atoms. The molecule has 1 atom stereocenters. The van der Waals surface area contributed by atoms with Gasteiger partial charge in [0, 0.05) is 70.2 Å². The predicted octanol–water partition coefficient (Wildman–Crippen LogP) is 4.34. The Hall–Kier alpha value is -2.98. The number of hydrogen-bond acceptors (Lipinski definition) is 7. The number of anilines is 2. The van der Waals surface area contributed by atoms with Crippen molar-refractivity contribution in [3.63, 3.8) is 0 Å². The molecular formula is C25H31F2N7O. The summed E-state index contributed by atoms with van der Waals surface area (Å²) in [7, 11) is 1.85. The summed E-state index contributed by atoms with van der Waals surface area (Å²) in [5, 5.41) is 7.38. The minimum atomic E-state index is -2.95. The lowest BCUT2D eigenvalue weighted by Gasteiger charge is -2.27. The molecule has 0 saturated carbocycles. The van der Waals surface area contributed by atoms with Crippen molar-refractivity contribution in [1.82, 2.24) is 29.6 Å². The van der Waals surface area contributed by atoms with Gasteiger partial charge in [0.25, 0.3) is 5.92 Å². The summed E-state index contributed by atoms with van der Waals surface area (Å²) in [4.78, 5) is 16.3. The minimum Gasteiger partial charge on any atom is -0.381 e. The van der Waals surface area contributed by atoms with Gasteiger partial charge in [0.05, 0.1) is 5.69 Å². The molecule has 2 saturated heterocycles. The van der Waals surface area contributed by atoms with E-state index in [-0.39, 0.29) is 11.5 Å². The van der Waals surface area contributed by atoms with Crippen molar-refractivity contribution in [2.24, 2.45) is 13.0 Å². The molecule has 3 aromatic rings. The zero-order valence-corrected chi connectivity index (χ0v) is 20.1. The van der Waals surface area contributed by atoms with E-state index in [2.05, 4.69) is 25.3 Å². The molecule has 186 valence electrons. The number of nitrogens with zero attached hydrogens (tertiary/aromatic N) is 6. The molecule has 5 heterocycles. The summed E-state index contributed by atoms with van der Waals surface area (Å²) in [6.07, 6.45) is 6.34. The van der Waals surface area contributed by atoms with Gasteiger partial charge in [0.15, 0.2) is 5.82 Å². The number of alkyl halides is 2. The normalized spacial score (nSPS) is 19.8. The van der Waals surface area contributed by atoms with Crippen LogP contribution in [0.1, 0.15) is 43.4 Å². The second-order valence-corrected chi connectivity index (χ2v) is 9.59. The highest BCUT2D eigenvalue weighted by molar-refractivity contribution is 5.58. The summed E-state index contributed by atoms with van der Waals surface area (Å²) in [6.45, 7) is 5.65. The lowest BCUT2D eigenvalue weighted by molar-refractivity contribution is 0.0174. The van der Waals surface area contributed by atoms with E-state index in [9.17, 15) is 8.78 Å². The number of pyridine rings is 1. The van der Waals surface area contributed by atoms with E-state index in [0.717, 1.165) is 70.4 Å². The van der Waals surface area contributed by atoms with E-state index >= 15 is 0 Å². The monoisotopic (exact) mass is 483 g/mol. The molecule has 2 fully saturated rings. The van der Waals surface area contributed by atoms with Gasteiger partial charge in [-0.05, 0) is 49.9 Å². The first-order chi connectivity index (χ1) is 16.8. The van der Waals surface area contributed by atoms with Crippen LogP contribution >= 0.6 is 0 Å². The molecule has 0 aromatic carbocycles.